The Kier molecular flexibility index (Phi) is 6.33. The lowest BCUT2D eigenvalue weighted by molar-refractivity contribution is -0.119. The summed E-state index contributed by atoms with van der Waals surface area (Å²) in [4.78, 5) is 24.8. The van der Waals surface area contributed by atoms with Gasteiger partial charge in [0.25, 0.3) is 5.91 Å². The van der Waals surface area contributed by atoms with Crippen molar-refractivity contribution in [2.75, 3.05) is 23.5 Å². The molecule has 1 aliphatic heterocycles. The van der Waals surface area contributed by atoms with Crippen molar-refractivity contribution in [3.8, 4) is 11.5 Å². The van der Waals surface area contributed by atoms with Gasteiger partial charge in [-0.05, 0) is 38.1 Å². The maximum atomic E-state index is 12.9. The minimum absolute atomic E-state index is 0.116. The molecule has 2 amide bonds. The predicted molar refractivity (Wildman–Crippen MR) is 111 cm³/mol. The Morgan fingerprint density at radius 1 is 1.14 bits per heavy atom. The highest BCUT2D eigenvalue weighted by Gasteiger charge is 2.35. The molecule has 0 fully saturated rings. The summed E-state index contributed by atoms with van der Waals surface area (Å²) in [5, 5.41) is 8.65. The van der Waals surface area contributed by atoms with E-state index in [0.717, 1.165) is 0 Å². The standard InChI is InChI=1S/C21H24N4O4/c1-3-28-15-10-11-19(29-4-2)16(12-15)23-21(27)17-13-18(20(22)26)25(24-17)14-8-6-5-7-9-14/h5-12,18H,3-4,13H2,1-2H3,(H2,22,26)(H,23,27). The molecule has 0 aliphatic carbocycles. The fraction of sp³-hybridized carbons (Fsp3) is 0.286. The fourth-order valence-corrected chi connectivity index (χ4v) is 3.03. The maximum absolute atomic E-state index is 12.9. The highest BCUT2D eigenvalue weighted by Crippen LogP contribution is 2.30. The van der Waals surface area contributed by atoms with Crippen molar-refractivity contribution in [1.29, 1.82) is 0 Å². The summed E-state index contributed by atoms with van der Waals surface area (Å²) in [6.07, 6.45) is 0.116. The number of anilines is 2. The number of para-hydroxylation sites is 1. The molecular formula is C21H24N4O4. The molecule has 3 N–H and O–H groups in total. The van der Waals surface area contributed by atoms with Gasteiger partial charge in [0.2, 0.25) is 5.91 Å². The average Bonchev–Trinajstić information content (AvgIpc) is 3.17. The number of nitrogens with zero attached hydrogens (tertiary/aromatic N) is 2. The van der Waals surface area contributed by atoms with E-state index in [2.05, 4.69) is 10.4 Å². The van der Waals surface area contributed by atoms with Crippen molar-refractivity contribution >= 4 is 28.9 Å². The summed E-state index contributed by atoms with van der Waals surface area (Å²) in [6.45, 7) is 4.69. The first-order valence-electron chi connectivity index (χ1n) is 9.45. The Bertz CT molecular complexity index is 914. The van der Waals surface area contributed by atoms with Crippen molar-refractivity contribution < 1.29 is 19.1 Å². The highest BCUT2D eigenvalue weighted by molar-refractivity contribution is 6.44. The number of amides is 2. The minimum Gasteiger partial charge on any atom is -0.494 e. The second-order valence-corrected chi connectivity index (χ2v) is 6.33. The van der Waals surface area contributed by atoms with Crippen LogP contribution in [-0.4, -0.2) is 36.8 Å². The van der Waals surface area contributed by atoms with Gasteiger partial charge in [0, 0.05) is 12.5 Å². The molecule has 0 saturated heterocycles. The van der Waals surface area contributed by atoms with E-state index in [1.165, 1.54) is 5.01 Å². The third-order valence-corrected chi connectivity index (χ3v) is 4.33. The number of hydrazone groups is 1. The first kappa shape index (κ1) is 20.2. The van der Waals surface area contributed by atoms with Crippen molar-refractivity contribution in [3.63, 3.8) is 0 Å². The van der Waals surface area contributed by atoms with Crippen LogP contribution in [0.15, 0.2) is 53.6 Å². The van der Waals surface area contributed by atoms with Crippen molar-refractivity contribution in [2.45, 2.75) is 26.3 Å². The third kappa shape index (κ3) is 4.66. The lowest BCUT2D eigenvalue weighted by Gasteiger charge is -2.20. The van der Waals surface area contributed by atoms with E-state index in [1.54, 1.807) is 30.3 Å². The van der Waals surface area contributed by atoms with E-state index < -0.39 is 17.9 Å². The monoisotopic (exact) mass is 396 g/mol. The predicted octanol–water partition coefficient (Wildman–Crippen LogP) is 2.54. The average molecular weight is 396 g/mol. The Balaban J connectivity index is 1.85. The number of hydrogen-bond donors (Lipinski definition) is 2. The van der Waals surface area contributed by atoms with Crippen LogP contribution in [0.1, 0.15) is 20.3 Å². The van der Waals surface area contributed by atoms with Gasteiger partial charge in [-0.1, -0.05) is 18.2 Å². The van der Waals surface area contributed by atoms with Crippen LogP contribution in [0.5, 0.6) is 11.5 Å². The van der Waals surface area contributed by atoms with Gasteiger partial charge in [0.1, 0.15) is 23.3 Å². The van der Waals surface area contributed by atoms with Crippen molar-refractivity contribution in [1.82, 2.24) is 0 Å². The molecule has 2 aromatic rings. The second-order valence-electron chi connectivity index (χ2n) is 6.33. The molecule has 3 rings (SSSR count). The van der Waals surface area contributed by atoms with Crippen molar-refractivity contribution in [3.05, 3.63) is 48.5 Å². The van der Waals surface area contributed by atoms with Crippen LogP contribution >= 0.6 is 0 Å². The number of hydrogen-bond acceptors (Lipinski definition) is 6. The fourth-order valence-electron chi connectivity index (χ4n) is 3.03. The second kappa shape index (κ2) is 9.09. The molecule has 1 aliphatic rings. The minimum atomic E-state index is -0.723. The first-order valence-corrected chi connectivity index (χ1v) is 9.45. The van der Waals surface area contributed by atoms with Crippen LogP contribution in [0.2, 0.25) is 0 Å². The van der Waals surface area contributed by atoms with Crippen LogP contribution in [0, 0.1) is 0 Å². The lowest BCUT2D eigenvalue weighted by atomic mass is 10.1. The maximum Gasteiger partial charge on any atom is 0.272 e. The summed E-state index contributed by atoms with van der Waals surface area (Å²) in [6, 6.07) is 13.6. The molecule has 8 heteroatoms. The van der Waals surface area contributed by atoms with Crippen LogP contribution in [-0.2, 0) is 9.59 Å². The first-order chi connectivity index (χ1) is 14.0. The molecule has 8 nitrogen and oxygen atoms in total. The summed E-state index contributed by atoms with van der Waals surface area (Å²) in [5.74, 6) is 0.160. The van der Waals surface area contributed by atoms with E-state index >= 15 is 0 Å². The number of nitrogens with two attached hydrogens (primary N) is 1. The van der Waals surface area contributed by atoms with Gasteiger partial charge in [-0.15, -0.1) is 0 Å². The van der Waals surface area contributed by atoms with E-state index in [-0.39, 0.29) is 12.1 Å². The van der Waals surface area contributed by atoms with E-state index in [0.29, 0.717) is 36.1 Å². The number of rotatable bonds is 8. The third-order valence-electron chi connectivity index (χ3n) is 4.33. The van der Waals surface area contributed by atoms with Crippen LogP contribution in [0.3, 0.4) is 0 Å². The zero-order chi connectivity index (χ0) is 20.8. The molecule has 2 aromatic carbocycles. The van der Waals surface area contributed by atoms with Gasteiger partial charge in [-0.25, -0.2) is 0 Å². The van der Waals surface area contributed by atoms with E-state index in [4.69, 9.17) is 15.2 Å². The zero-order valence-electron chi connectivity index (χ0n) is 16.4. The largest absolute Gasteiger partial charge is 0.494 e. The molecule has 1 atom stereocenters. The van der Waals surface area contributed by atoms with E-state index in [9.17, 15) is 9.59 Å². The molecule has 1 heterocycles. The number of benzene rings is 2. The molecule has 0 spiro atoms. The van der Waals surface area contributed by atoms with Gasteiger partial charge in [-0.2, -0.15) is 5.10 Å². The molecule has 0 saturated carbocycles. The van der Waals surface area contributed by atoms with Crippen LogP contribution in [0.4, 0.5) is 11.4 Å². The van der Waals surface area contributed by atoms with Gasteiger partial charge in [-0.3, -0.25) is 14.6 Å². The number of carbonyl (C=O) groups is 2. The number of primary amides is 1. The number of carbonyl (C=O) groups excluding carboxylic acids is 2. The summed E-state index contributed by atoms with van der Waals surface area (Å²) < 4.78 is 11.1. The van der Waals surface area contributed by atoms with E-state index in [1.807, 2.05) is 32.0 Å². The Labute approximate surface area is 169 Å². The normalized spacial score (nSPS) is 15.6. The molecule has 0 aromatic heterocycles. The molecule has 29 heavy (non-hydrogen) atoms. The topological polar surface area (TPSA) is 106 Å². The summed E-state index contributed by atoms with van der Waals surface area (Å²) in [5.41, 5.74) is 6.90. The lowest BCUT2D eigenvalue weighted by Crippen LogP contribution is -2.39. The molecule has 1 unspecified atom stereocenters. The molecule has 0 radical (unpaired) electrons. The highest BCUT2D eigenvalue weighted by atomic mass is 16.5. The van der Waals surface area contributed by atoms with Gasteiger partial charge in [0.15, 0.2) is 0 Å². The van der Waals surface area contributed by atoms with Gasteiger partial charge < -0.3 is 20.5 Å². The molecule has 0 bridgehead atoms. The smallest absolute Gasteiger partial charge is 0.272 e. The number of ether oxygens (including phenoxy) is 2. The summed E-state index contributed by atoms with van der Waals surface area (Å²) >= 11 is 0. The van der Waals surface area contributed by atoms with Crippen LogP contribution < -0.4 is 25.5 Å². The Hall–Kier alpha value is -3.55. The zero-order valence-corrected chi connectivity index (χ0v) is 16.4. The SMILES string of the molecule is CCOc1ccc(OCC)c(NC(=O)C2=NN(c3ccccc3)C(C(N)=O)C2)c1. The van der Waals surface area contributed by atoms with Gasteiger partial charge >= 0.3 is 0 Å². The van der Waals surface area contributed by atoms with Crippen molar-refractivity contribution in [2.24, 2.45) is 10.8 Å². The van der Waals surface area contributed by atoms with Crippen LogP contribution in [0.25, 0.3) is 0 Å². The quantitative estimate of drug-likeness (QED) is 0.713. The summed E-state index contributed by atoms with van der Waals surface area (Å²) in [7, 11) is 0. The van der Waals surface area contributed by atoms with Gasteiger partial charge in [0.05, 0.1) is 24.6 Å². The number of nitrogens with one attached hydrogen (secondary N) is 1. The Morgan fingerprint density at radius 2 is 1.86 bits per heavy atom. The molecule has 152 valence electrons. The Morgan fingerprint density at radius 3 is 2.52 bits per heavy atom. The molecular weight excluding hydrogens is 372 g/mol.